The summed E-state index contributed by atoms with van der Waals surface area (Å²) >= 11 is 0. The van der Waals surface area contributed by atoms with Gasteiger partial charge in [-0.1, -0.05) is 6.92 Å². The Hall–Kier alpha value is -2.01. The zero-order chi connectivity index (χ0) is 13.7. The van der Waals surface area contributed by atoms with Crippen LogP contribution in [-0.4, -0.2) is 21.5 Å². The van der Waals surface area contributed by atoms with E-state index in [4.69, 9.17) is 4.74 Å². The number of rotatable bonds is 5. The zero-order valence-electron chi connectivity index (χ0n) is 11.5. The van der Waals surface area contributed by atoms with E-state index >= 15 is 0 Å². The minimum atomic E-state index is 0.355. The van der Waals surface area contributed by atoms with Crippen molar-refractivity contribution in [2.75, 3.05) is 6.54 Å². The van der Waals surface area contributed by atoms with Crippen LogP contribution in [0.1, 0.15) is 23.9 Å². The molecular formula is C14H18N4O. The van der Waals surface area contributed by atoms with E-state index < -0.39 is 0 Å². The summed E-state index contributed by atoms with van der Waals surface area (Å²) in [5, 5.41) is 3.25. The van der Waals surface area contributed by atoms with Crippen molar-refractivity contribution in [3.05, 3.63) is 41.5 Å². The van der Waals surface area contributed by atoms with Gasteiger partial charge in [0.05, 0.1) is 5.69 Å². The van der Waals surface area contributed by atoms with Crippen LogP contribution in [0.3, 0.4) is 0 Å². The van der Waals surface area contributed by atoms with E-state index in [2.05, 4.69) is 27.2 Å². The predicted molar refractivity (Wildman–Crippen MR) is 73.2 cm³/mol. The van der Waals surface area contributed by atoms with Crippen LogP contribution in [0.4, 0.5) is 0 Å². The van der Waals surface area contributed by atoms with E-state index in [1.807, 2.05) is 26.0 Å². The van der Waals surface area contributed by atoms with Crippen molar-refractivity contribution in [1.82, 2.24) is 20.3 Å². The number of hydrogen-bond acceptors (Lipinski definition) is 5. The van der Waals surface area contributed by atoms with E-state index in [9.17, 15) is 0 Å². The van der Waals surface area contributed by atoms with Crippen molar-refractivity contribution >= 4 is 0 Å². The van der Waals surface area contributed by atoms with Gasteiger partial charge in [-0.05, 0) is 32.5 Å². The number of pyridine rings is 1. The fourth-order valence-electron chi connectivity index (χ4n) is 1.63. The highest BCUT2D eigenvalue weighted by Crippen LogP contribution is 2.20. The lowest BCUT2D eigenvalue weighted by atomic mass is 10.2. The Kier molecular flexibility index (Phi) is 4.41. The van der Waals surface area contributed by atoms with E-state index in [-0.39, 0.29) is 0 Å². The summed E-state index contributed by atoms with van der Waals surface area (Å²) in [6.07, 6.45) is 3.53. The summed E-state index contributed by atoms with van der Waals surface area (Å²) < 4.78 is 5.64. The molecule has 2 rings (SSSR count). The number of aryl methyl sites for hydroxylation is 2. The summed E-state index contributed by atoms with van der Waals surface area (Å²) in [6.45, 7) is 7.61. The van der Waals surface area contributed by atoms with Gasteiger partial charge in [0.2, 0.25) is 0 Å². The predicted octanol–water partition coefficient (Wildman–Crippen LogP) is 2.39. The van der Waals surface area contributed by atoms with Crippen molar-refractivity contribution in [1.29, 1.82) is 0 Å². The molecule has 100 valence electrons. The number of ether oxygens (including phenoxy) is 1. The monoisotopic (exact) mass is 258 g/mol. The largest absolute Gasteiger partial charge is 0.422 e. The Balaban J connectivity index is 2.14. The maximum Gasteiger partial charge on any atom is 0.322 e. The second-order valence-electron chi connectivity index (χ2n) is 4.23. The van der Waals surface area contributed by atoms with Crippen LogP contribution < -0.4 is 10.1 Å². The quantitative estimate of drug-likeness (QED) is 0.892. The first kappa shape index (κ1) is 13.4. The molecule has 0 amide bonds. The van der Waals surface area contributed by atoms with Crippen LogP contribution in [-0.2, 0) is 6.54 Å². The maximum atomic E-state index is 5.64. The van der Waals surface area contributed by atoms with Crippen molar-refractivity contribution in [2.45, 2.75) is 27.3 Å². The number of hydrogen-bond donors (Lipinski definition) is 1. The van der Waals surface area contributed by atoms with Crippen LogP contribution in [0, 0.1) is 13.8 Å². The van der Waals surface area contributed by atoms with E-state index in [0.717, 1.165) is 30.0 Å². The van der Waals surface area contributed by atoms with Gasteiger partial charge >= 0.3 is 6.01 Å². The summed E-state index contributed by atoms with van der Waals surface area (Å²) in [6, 6.07) is 4.04. The van der Waals surface area contributed by atoms with Crippen LogP contribution in [0.5, 0.6) is 11.8 Å². The molecule has 0 unspecified atom stereocenters. The molecule has 0 atom stereocenters. The third-order valence-corrected chi connectivity index (χ3v) is 2.78. The molecule has 0 bridgehead atoms. The van der Waals surface area contributed by atoms with E-state index in [1.54, 1.807) is 12.4 Å². The van der Waals surface area contributed by atoms with Gasteiger partial charge in [-0.15, -0.1) is 0 Å². The van der Waals surface area contributed by atoms with Gasteiger partial charge in [0.15, 0.2) is 5.75 Å². The minimum Gasteiger partial charge on any atom is -0.422 e. The highest BCUT2D eigenvalue weighted by Gasteiger charge is 2.07. The smallest absolute Gasteiger partial charge is 0.322 e. The van der Waals surface area contributed by atoms with Gasteiger partial charge in [0, 0.05) is 30.2 Å². The van der Waals surface area contributed by atoms with Gasteiger partial charge < -0.3 is 10.1 Å². The molecule has 2 aromatic heterocycles. The molecular weight excluding hydrogens is 240 g/mol. The van der Waals surface area contributed by atoms with Crippen LogP contribution in [0.15, 0.2) is 24.5 Å². The lowest BCUT2D eigenvalue weighted by molar-refractivity contribution is 0.433. The first-order valence-electron chi connectivity index (χ1n) is 6.33. The second kappa shape index (κ2) is 6.24. The fraction of sp³-hybridized carbons (Fsp3) is 0.357. The lowest BCUT2D eigenvalue weighted by Crippen LogP contribution is -2.13. The topological polar surface area (TPSA) is 59.9 Å². The average molecular weight is 258 g/mol. The highest BCUT2D eigenvalue weighted by atomic mass is 16.5. The number of aromatic nitrogens is 3. The third-order valence-electron chi connectivity index (χ3n) is 2.78. The lowest BCUT2D eigenvalue weighted by Gasteiger charge is -2.09. The van der Waals surface area contributed by atoms with Crippen LogP contribution in [0.2, 0.25) is 0 Å². The standard InChI is InChI=1S/C14H18N4O/c1-4-15-8-12-9-17-14(18-10(12)2)19-13-6-5-7-16-11(13)3/h5-7,9,15H,4,8H2,1-3H3. The van der Waals surface area contributed by atoms with Crippen LogP contribution in [0.25, 0.3) is 0 Å². The maximum absolute atomic E-state index is 5.64. The summed E-state index contributed by atoms with van der Waals surface area (Å²) in [5.41, 5.74) is 2.82. The minimum absolute atomic E-state index is 0.355. The Labute approximate surface area is 113 Å². The molecule has 5 heteroatoms. The molecule has 19 heavy (non-hydrogen) atoms. The Bertz CT molecular complexity index is 557. The molecule has 1 N–H and O–H groups in total. The van der Waals surface area contributed by atoms with Gasteiger partial charge in [0.1, 0.15) is 0 Å². The van der Waals surface area contributed by atoms with Gasteiger partial charge in [-0.25, -0.2) is 4.98 Å². The van der Waals surface area contributed by atoms with Crippen LogP contribution >= 0.6 is 0 Å². The summed E-state index contributed by atoms with van der Waals surface area (Å²) in [7, 11) is 0. The molecule has 0 fully saturated rings. The molecule has 0 saturated carbocycles. The normalized spacial score (nSPS) is 10.5. The first-order valence-corrected chi connectivity index (χ1v) is 6.33. The molecule has 0 aliphatic rings. The average Bonchev–Trinajstić information content (AvgIpc) is 2.40. The van der Waals surface area contributed by atoms with Gasteiger partial charge in [-0.3, -0.25) is 4.98 Å². The Morgan fingerprint density at radius 1 is 1.21 bits per heavy atom. The van der Waals surface area contributed by atoms with E-state index in [0.29, 0.717) is 11.8 Å². The van der Waals surface area contributed by atoms with Gasteiger partial charge in [-0.2, -0.15) is 4.98 Å². The molecule has 0 saturated heterocycles. The molecule has 0 aliphatic heterocycles. The molecule has 0 radical (unpaired) electrons. The Morgan fingerprint density at radius 3 is 2.74 bits per heavy atom. The SMILES string of the molecule is CCNCc1cnc(Oc2cccnc2C)nc1C. The van der Waals surface area contributed by atoms with Gasteiger partial charge in [0.25, 0.3) is 0 Å². The van der Waals surface area contributed by atoms with Crippen molar-refractivity contribution < 1.29 is 4.74 Å². The van der Waals surface area contributed by atoms with E-state index in [1.165, 1.54) is 0 Å². The molecule has 0 aliphatic carbocycles. The first-order chi connectivity index (χ1) is 9.20. The molecule has 0 spiro atoms. The van der Waals surface area contributed by atoms with Crippen molar-refractivity contribution in [3.63, 3.8) is 0 Å². The molecule has 2 aromatic rings. The molecule has 5 nitrogen and oxygen atoms in total. The fourth-order valence-corrected chi connectivity index (χ4v) is 1.63. The molecule has 0 aromatic carbocycles. The third kappa shape index (κ3) is 3.48. The number of nitrogens with zero attached hydrogens (tertiary/aromatic N) is 3. The van der Waals surface area contributed by atoms with Crippen molar-refractivity contribution in [3.8, 4) is 11.8 Å². The zero-order valence-corrected chi connectivity index (χ0v) is 11.5. The van der Waals surface area contributed by atoms with Crippen molar-refractivity contribution in [2.24, 2.45) is 0 Å². The second-order valence-corrected chi connectivity index (χ2v) is 4.23. The summed E-state index contributed by atoms with van der Waals surface area (Å²) in [5.74, 6) is 0.682. The molecule has 2 heterocycles. The highest BCUT2D eigenvalue weighted by molar-refractivity contribution is 5.29. The Morgan fingerprint density at radius 2 is 2.05 bits per heavy atom. The number of nitrogens with one attached hydrogen (secondary N) is 1. The summed E-state index contributed by atoms with van der Waals surface area (Å²) in [4.78, 5) is 12.8.